The Kier molecular flexibility index (Phi) is 5.99. The van der Waals surface area contributed by atoms with Crippen molar-refractivity contribution in [3.63, 3.8) is 0 Å². The molecule has 0 saturated heterocycles. The summed E-state index contributed by atoms with van der Waals surface area (Å²) in [6.07, 6.45) is 0.965. The molecular formula is C18H26N2Pt. The third-order valence-electron chi connectivity index (χ3n) is 3.58. The van der Waals surface area contributed by atoms with E-state index in [1.165, 1.54) is 22.5 Å². The first-order valence-corrected chi connectivity index (χ1v) is 7.53. The number of benzene rings is 1. The monoisotopic (exact) mass is 465 g/mol. The van der Waals surface area contributed by atoms with Crippen LogP contribution in [0.4, 0.5) is 0 Å². The van der Waals surface area contributed by atoms with Gasteiger partial charge in [0.25, 0.3) is 0 Å². The van der Waals surface area contributed by atoms with Gasteiger partial charge in [-0.1, -0.05) is 58.0 Å². The largest absolute Gasteiger partial charge is 0.266 e. The van der Waals surface area contributed by atoms with Gasteiger partial charge in [-0.3, -0.25) is 4.68 Å². The summed E-state index contributed by atoms with van der Waals surface area (Å²) >= 11 is 0. The van der Waals surface area contributed by atoms with Gasteiger partial charge in [0.05, 0.1) is 11.4 Å². The second-order valence-corrected chi connectivity index (χ2v) is 6.68. The summed E-state index contributed by atoms with van der Waals surface area (Å²) in [7, 11) is 0. The maximum absolute atomic E-state index is 4.89. The minimum atomic E-state index is 0. The van der Waals surface area contributed by atoms with Crippen molar-refractivity contribution in [1.82, 2.24) is 9.78 Å². The molecule has 0 aliphatic carbocycles. The molecule has 118 valence electrons. The molecule has 2 nitrogen and oxygen atoms in total. The minimum absolute atomic E-state index is 0. The Bertz CT molecular complexity index is 577. The number of nitrogens with zero attached hydrogens (tertiary/aromatic N) is 2. The zero-order valence-corrected chi connectivity index (χ0v) is 16.2. The summed E-state index contributed by atoms with van der Waals surface area (Å²) < 4.78 is 2.21. The van der Waals surface area contributed by atoms with E-state index in [9.17, 15) is 0 Å². The number of rotatable bonds is 3. The molecule has 0 N–H and O–H groups in total. The van der Waals surface area contributed by atoms with Gasteiger partial charge in [-0.05, 0) is 25.8 Å². The van der Waals surface area contributed by atoms with Crippen LogP contribution in [-0.4, -0.2) is 9.78 Å². The normalized spacial score (nSPS) is 11.6. The molecule has 0 saturated carbocycles. The molecular weight excluding hydrogens is 439 g/mol. The van der Waals surface area contributed by atoms with Crippen LogP contribution in [0, 0.1) is 0 Å². The summed E-state index contributed by atoms with van der Waals surface area (Å²) in [6, 6.07) is 11.0. The van der Waals surface area contributed by atoms with Gasteiger partial charge < -0.3 is 0 Å². The molecule has 3 heteroatoms. The van der Waals surface area contributed by atoms with Crippen LogP contribution in [0.15, 0.2) is 30.3 Å². The Morgan fingerprint density at radius 3 is 2.10 bits per heavy atom. The molecule has 0 bridgehead atoms. The number of hydrogen-bond donors (Lipinski definition) is 0. The van der Waals surface area contributed by atoms with Crippen molar-refractivity contribution in [2.24, 2.45) is 0 Å². The van der Waals surface area contributed by atoms with Crippen LogP contribution in [-0.2, 0) is 32.9 Å². The molecule has 0 amide bonds. The molecule has 0 aliphatic rings. The summed E-state index contributed by atoms with van der Waals surface area (Å²) in [5, 5.41) is 4.89. The van der Waals surface area contributed by atoms with Gasteiger partial charge in [0.15, 0.2) is 0 Å². The topological polar surface area (TPSA) is 17.8 Å². The van der Waals surface area contributed by atoms with Crippen molar-refractivity contribution in [3.8, 4) is 11.1 Å². The van der Waals surface area contributed by atoms with Gasteiger partial charge in [0.2, 0.25) is 0 Å². The predicted molar refractivity (Wildman–Crippen MR) is 86.1 cm³/mol. The van der Waals surface area contributed by atoms with E-state index in [1.807, 2.05) is 0 Å². The van der Waals surface area contributed by atoms with Gasteiger partial charge in [-0.15, -0.1) is 0 Å². The van der Waals surface area contributed by atoms with Crippen LogP contribution < -0.4 is 0 Å². The van der Waals surface area contributed by atoms with E-state index in [2.05, 4.69) is 76.6 Å². The van der Waals surface area contributed by atoms with E-state index >= 15 is 0 Å². The van der Waals surface area contributed by atoms with Crippen molar-refractivity contribution < 1.29 is 21.1 Å². The van der Waals surface area contributed by atoms with E-state index in [0.29, 0.717) is 6.04 Å². The van der Waals surface area contributed by atoms with Gasteiger partial charge in [0, 0.05) is 38.1 Å². The summed E-state index contributed by atoms with van der Waals surface area (Å²) in [5.41, 5.74) is 5.23. The first-order chi connectivity index (χ1) is 9.36. The average Bonchev–Trinajstić information content (AvgIpc) is 2.79. The molecule has 2 aromatic rings. The van der Waals surface area contributed by atoms with Gasteiger partial charge in [-0.25, -0.2) is 0 Å². The molecule has 0 fully saturated rings. The molecule has 2 rings (SSSR count). The summed E-state index contributed by atoms with van der Waals surface area (Å²) in [5.74, 6) is 0. The quantitative estimate of drug-likeness (QED) is 0.625. The fourth-order valence-electron chi connectivity index (χ4n) is 2.73. The van der Waals surface area contributed by atoms with Gasteiger partial charge in [-0.2, -0.15) is 5.10 Å². The van der Waals surface area contributed by atoms with Crippen molar-refractivity contribution in [2.75, 3.05) is 0 Å². The fourth-order valence-corrected chi connectivity index (χ4v) is 2.73. The second-order valence-electron chi connectivity index (χ2n) is 6.68. The van der Waals surface area contributed by atoms with Crippen LogP contribution in [0.2, 0.25) is 0 Å². The van der Waals surface area contributed by atoms with E-state index in [1.54, 1.807) is 0 Å². The molecule has 0 atom stereocenters. The number of aryl methyl sites for hydroxylation is 1. The predicted octanol–water partition coefficient (Wildman–Crippen LogP) is 4.99. The smallest absolute Gasteiger partial charge is 0.0703 e. The SMILES string of the molecule is CCc1nn(C(C)C)c(C(C)(C)C)c1-c1ccccc1.[Pt]. The van der Waals surface area contributed by atoms with Crippen molar-refractivity contribution in [1.29, 1.82) is 0 Å². The van der Waals surface area contributed by atoms with Crippen molar-refractivity contribution in [2.45, 2.75) is 59.4 Å². The standard InChI is InChI=1S/C18H26N2.Pt/c1-7-15-16(14-11-9-8-10-12-14)17(18(4,5)6)20(19-15)13(2)3;/h8-13H,7H2,1-6H3;. The van der Waals surface area contributed by atoms with E-state index < -0.39 is 0 Å². The molecule has 1 heterocycles. The Morgan fingerprint density at radius 2 is 1.67 bits per heavy atom. The van der Waals surface area contributed by atoms with Crippen molar-refractivity contribution in [3.05, 3.63) is 41.7 Å². The Hall–Kier alpha value is -0.882. The maximum atomic E-state index is 4.89. The molecule has 1 aromatic heterocycles. The summed E-state index contributed by atoms with van der Waals surface area (Å²) in [4.78, 5) is 0. The third kappa shape index (κ3) is 3.66. The summed E-state index contributed by atoms with van der Waals surface area (Å²) in [6.45, 7) is 13.4. The maximum Gasteiger partial charge on any atom is 0.0703 e. The molecule has 21 heavy (non-hydrogen) atoms. The van der Waals surface area contributed by atoms with E-state index in [-0.39, 0.29) is 26.5 Å². The fraction of sp³-hybridized carbons (Fsp3) is 0.500. The van der Waals surface area contributed by atoms with Gasteiger partial charge in [0.1, 0.15) is 0 Å². The van der Waals surface area contributed by atoms with Crippen LogP contribution in [0.3, 0.4) is 0 Å². The van der Waals surface area contributed by atoms with Crippen LogP contribution in [0.25, 0.3) is 11.1 Å². The van der Waals surface area contributed by atoms with Crippen LogP contribution in [0.5, 0.6) is 0 Å². The first-order valence-electron chi connectivity index (χ1n) is 7.53. The zero-order valence-electron chi connectivity index (χ0n) is 13.9. The molecule has 0 radical (unpaired) electrons. The number of hydrogen-bond acceptors (Lipinski definition) is 1. The third-order valence-corrected chi connectivity index (χ3v) is 3.58. The van der Waals surface area contributed by atoms with Crippen molar-refractivity contribution >= 4 is 0 Å². The first kappa shape index (κ1) is 18.2. The Balaban J connectivity index is 0.00000220. The van der Waals surface area contributed by atoms with E-state index in [0.717, 1.165) is 6.42 Å². The Morgan fingerprint density at radius 1 is 1.10 bits per heavy atom. The molecule has 1 aromatic carbocycles. The second kappa shape index (κ2) is 6.92. The average molecular weight is 465 g/mol. The molecule has 0 aliphatic heterocycles. The minimum Gasteiger partial charge on any atom is -0.266 e. The zero-order chi connectivity index (χ0) is 14.9. The van der Waals surface area contributed by atoms with Crippen LogP contribution in [0.1, 0.15) is 59.0 Å². The van der Waals surface area contributed by atoms with E-state index in [4.69, 9.17) is 5.10 Å². The van der Waals surface area contributed by atoms with Gasteiger partial charge >= 0.3 is 0 Å². The number of aromatic nitrogens is 2. The van der Waals surface area contributed by atoms with Crippen LogP contribution >= 0.6 is 0 Å². The Labute approximate surface area is 143 Å². The molecule has 0 spiro atoms. The molecule has 0 unspecified atom stereocenters.